The fourth-order valence-corrected chi connectivity index (χ4v) is 1.97. The van der Waals surface area contributed by atoms with Crippen LogP contribution in [0, 0.1) is 6.92 Å². The number of aliphatic hydroxyl groups is 1. The zero-order valence-electron chi connectivity index (χ0n) is 11.8. The number of ether oxygens (including phenoxy) is 1. The largest absolute Gasteiger partial charge is 0.497 e. The Labute approximate surface area is 119 Å². The van der Waals surface area contributed by atoms with Crippen molar-refractivity contribution in [3.63, 3.8) is 0 Å². The van der Waals surface area contributed by atoms with Gasteiger partial charge in [0.15, 0.2) is 0 Å². The van der Waals surface area contributed by atoms with Crippen molar-refractivity contribution in [2.45, 2.75) is 19.6 Å². The van der Waals surface area contributed by atoms with E-state index in [1.165, 1.54) is 0 Å². The number of methoxy groups -OCH3 is 1. The summed E-state index contributed by atoms with van der Waals surface area (Å²) in [4.78, 5) is 4.31. The summed E-state index contributed by atoms with van der Waals surface area (Å²) in [6, 6.07) is 11.4. The maximum Gasteiger partial charge on any atom is 0.118 e. The Morgan fingerprint density at radius 2 is 2.00 bits per heavy atom. The second kappa shape index (κ2) is 7.03. The Morgan fingerprint density at radius 1 is 1.25 bits per heavy atom. The first kappa shape index (κ1) is 14.5. The molecule has 0 fully saturated rings. The summed E-state index contributed by atoms with van der Waals surface area (Å²) in [5, 5.41) is 13.3. The van der Waals surface area contributed by atoms with Crippen LogP contribution in [-0.4, -0.2) is 23.7 Å². The molecule has 1 aromatic heterocycles. The van der Waals surface area contributed by atoms with E-state index in [-0.39, 0.29) is 0 Å². The van der Waals surface area contributed by atoms with Crippen molar-refractivity contribution in [2.75, 3.05) is 13.7 Å². The zero-order valence-corrected chi connectivity index (χ0v) is 11.8. The number of aromatic nitrogens is 1. The number of nitrogens with zero attached hydrogens (tertiary/aromatic N) is 1. The third-order valence-corrected chi connectivity index (χ3v) is 3.25. The predicted octanol–water partition coefficient (Wildman–Crippen LogP) is 2.22. The molecule has 0 amide bonds. The molecule has 0 radical (unpaired) electrons. The van der Waals surface area contributed by atoms with Gasteiger partial charge in [0.25, 0.3) is 0 Å². The van der Waals surface area contributed by atoms with E-state index < -0.39 is 6.10 Å². The van der Waals surface area contributed by atoms with Crippen molar-refractivity contribution < 1.29 is 9.84 Å². The summed E-state index contributed by atoms with van der Waals surface area (Å²) < 4.78 is 5.10. The zero-order chi connectivity index (χ0) is 14.4. The number of pyridine rings is 1. The number of hydrogen-bond acceptors (Lipinski definition) is 4. The van der Waals surface area contributed by atoms with E-state index in [1.54, 1.807) is 13.3 Å². The molecule has 2 rings (SSSR count). The second-order valence-corrected chi connectivity index (χ2v) is 4.69. The molecule has 0 bridgehead atoms. The number of nitrogens with one attached hydrogen (secondary N) is 1. The number of hydrogen-bond donors (Lipinski definition) is 2. The Kier molecular flexibility index (Phi) is 5.09. The van der Waals surface area contributed by atoms with Gasteiger partial charge in [-0.3, -0.25) is 4.98 Å². The average molecular weight is 272 g/mol. The number of rotatable bonds is 6. The van der Waals surface area contributed by atoms with Gasteiger partial charge in [-0.05, 0) is 36.2 Å². The standard InChI is InChI=1S/C16H20N2O2/c1-12-4-3-9-18-15(12)10-17-11-16(19)13-5-7-14(20-2)8-6-13/h3-9,16-17,19H,10-11H2,1-2H3. The van der Waals surface area contributed by atoms with Gasteiger partial charge in [-0.15, -0.1) is 0 Å². The average Bonchev–Trinajstić information content (AvgIpc) is 2.49. The van der Waals surface area contributed by atoms with Crippen LogP contribution in [0.3, 0.4) is 0 Å². The van der Waals surface area contributed by atoms with Gasteiger partial charge in [-0.1, -0.05) is 18.2 Å². The molecule has 2 aromatic rings. The Bertz CT molecular complexity index is 540. The maximum atomic E-state index is 10.1. The first-order chi connectivity index (χ1) is 9.70. The van der Waals surface area contributed by atoms with Gasteiger partial charge in [0, 0.05) is 19.3 Å². The van der Waals surface area contributed by atoms with Crippen molar-refractivity contribution in [2.24, 2.45) is 0 Å². The third kappa shape index (κ3) is 3.79. The molecule has 0 saturated carbocycles. The van der Waals surface area contributed by atoms with Crippen LogP contribution in [0.4, 0.5) is 0 Å². The molecule has 4 heteroatoms. The minimum atomic E-state index is -0.537. The Morgan fingerprint density at radius 3 is 2.65 bits per heavy atom. The lowest BCUT2D eigenvalue weighted by molar-refractivity contribution is 0.174. The molecule has 0 aliphatic carbocycles. The minimum Gasteiger partial charge on any atom is -0.497 e. The summed E-state index contributed by atoms with van der Waals surface area (Å²) in [5.41, 5.74) is 3.03. The van der Waals surface area contributed by atoms with Crippen molar-refractivity contribution in [1.29, 1.82) is 0 Å². The van der Waals surface area contributed by atoms with E-state index in [0.29, 0.717) is 13.1 Å². The van der Waals surface area contributed by atoms with E-state index in [9.17, 15) is 5.11 Å². The molecule has 0 aliphatic rings. The molecule has 106 valence electrons. The van der Waals surface area contributed by atoms with Gasteiger partial charge in [0.05, 0.1) is 18.9 Å². The van der Waals surface area contributed by atoms with Gasteiger partial charge in [0.1, 0.15) is 5.75 Å². The highest BCUT2D eigenvalue weighted by atomic mass is 16.5. The van der Waals surface area contributed by atoms with Gasteiger partial charge in [-0.2, -0.15) is 0 Å². The smallest absolute Gasteiger partial charge is 0.118 e. The fraction of sp³-hybridized carbons (Fsp3) is 0.312. The van der Waals surface area contributed by atoms with Gasteiger partial charge in [-0.25, -0.2) is 0 Å². The lowest BCUT2D eigenvalue weighted by Crippen LogP contribution is -2.22. The van der Waals surface area contributed by atoms with Crippen molar-refractivity contribution >= 4 is 0 Å². The minimum absolute atomic E-state index is 0.488. The Hall–Kier alpha value is -1.91. The molecule has 4 nitrogen and oxygen atoms in total. The summed E-state index contributed by atoms with van der Waals surface area (Å²) >= 11 is 0. The summed E-state index contributed by atoms with van der Waals surface area (Å²) in [5.74, 6) is 0.790. The molecule has 0 aliphatic heterocycles. The molecule has 0 saturated heterocycles. The predicted molar refractivity (Wildman–Crippen MR) is 78.6 cm³/mol. The molecular weight excluding hydrogens is 252 g/mol. The van der Waals surface area contributed by atoms with Gasteiger partial charge in [0.2, 0.25) is 0 Å². The highest BCUT2D eigenvalue weighted by molar-refractivity contribution is 5.28. The van der Waals surface area contributed by atoms with E-state index in [1.807, 2.05) is 43.3 Å². The normalized spacial score (nSPS) is 12.2. The molecule has 1 atom stereocenters. The summed E-state index contributed by atoms with van der Waals surface area (Å²) in [6.45, 7) is 3.17. The quantitative estimate of drug-likeness (QED) is 0.846. The second-order valence-electron chi connectivity index (χ2n) is 4.69. The van der Waals surface area contributed by atoms with Gasteiger partial charge >= 0.3 is 0 Å². The topological polar surface area (TPSA) is 54.4 Å². The molecule has 1 unspecified atom stereocenters. The van der Waals surface area contributed by atoms with Crippen LogP contribution in [0.15, 0.2) is 42.6 Å². The van der Waals surface area contributed by atoms with Gasteiger partial charge < -0.3 is 15.2 Å². The number of aryl methyl sites for hydroxylation is 1. The van der Waals surface area contributed by atoms with E-state index in [0.717, 1.165) is 22.6 Å². The van der Waals surface area contributed by atoms with Crippen LogP contribution in [0.1, 0.15) is 22.9 Å². The molecular formula is C16H20N2O2. The van der Waals surface area contributed by atoms with Crippen LogP contribution < -0.4 is 10.1 Å². The van der Waals surface area contributed by atoms with Crippen molar-refractivity contribution in [3.05, 3.63) is 59.4 Å². The molecule has 0 spiro atoms. The Balaban J connectivity index is 1.85. The summed E-state index contributed by atoms with van der Waals surface area (Å²) in [6.07, 6.45) is 1.24. The van der Waals surface area contributed by atoms with Crippen molar-refractivity contribution in [3.8, 4) is 5.75 Å². The maximum absolute atomic E-state index is 10.1. The monoisotopic (exact) mass is 272 g/mol. The first-order valence-electron chi connectivity index (χ1n) is 6.64. The van der Waals surface area contributed by atoms with E-state index in [2.05, 4.69) is 10.3 Å². The molecule has 20 heavy (non-hydrogen) atoms. The number of aliphatic hydroxyl groups excluding tert-OH is 1. The third-order valence-electron chi connectivity index (χ3n) is 3.25. The number of benzene rings is 1. The summed E-state index contributed by atoms with van der Waals surface area (Å²) in [7, 11) is 1.63. The first-order valence-corrected chi connectivity index (χ1v) is 6.64. The van der Waals surface area contributed by atoms with E-state index in [4.69, 9.17) is 4.74 Å². The van der Waals surface area contributed by atoms with E-state index >= 15 is 0 Å². The van der Waals surface area contributed by atoms with Crippen molar-refractivity contribution in [1.82, 2.24) is 10.3 Å². The van der Waals surface area contributed by atoms with Crippen LogP contribution in [0.5, 0.6) is 5.75 Å². The van der Waals surface area contributed by atoms with Crippen LogP contribution in [-0.2, 0) is 6.54 Å². The van der Waals surface area contributed by atoms with Crippen LogP contribution in [0.25, 0.3) is 0 Å². The van der Waals surface area contributed by atoms with Crippen LogP contribution in [0.2, 0.25) is 0 Å². The lowest BCUT2D eigenvalue weighted by atomic mass is 10.1. The molecule has 1 heterocycles. The molecule has 2 N–H and O–H groups in total. The highest BCUT2D eigenvalue weighted by Crippen LogP contribution is 2.17. The van der Waals surface area contributed by atoms with Crippen LogP contribution >= 0.6 is 0 Å². The lowest BCUT2D eigenvalue weighted by Gasteiger charge is -2.13. The molecule has 1 aromatic carbocycles. The highest BCUT2D eigenvalue weighted by Gasteiger charge is 2.07. The SMILES string of the molecule is COc1ccc(C(O)CNCc2ncccc2C)cc1. The fourth-order valence-electron chi connectivity index (χ4n) is 1.97.